The highest BCUT2D eigenvalue weighted by molar-refractivity contribution is 5.83. The molecule has 0 aliphatic heterocycles. The van der Waals surface area contributed by atoms with E-state index >= 15 is 0 Å². The number of rotatable bonds is 11. The van der Waals surface area contributed by atoms with E-state index in [0.29, 0.717) is 18.8 Å². The summed E-state index contributed by atoms with van der Waals surface area (Å²) in [5.74, 6) is 0.346. The van der Waals surface area contributed by atoms with Gasteiger partial charge in [-0.25, -0.2) is 0 Å². The van der Waals surface area contributed by atoms with Crippen molar-refractivity contribution in [2.75, 3.05) is 13.7 Å². The van der Waals surface area contributed by atoms with Crippen LogP contribution in [0.4, 0.5) is 0 Å². The summed E-state index contributed by atoms with van der Waals surface area (Å²) in [6, 6.07) is 4.89. The first kappa shape index (κ1) is 19.4. The van der Waals surface area contributed by atoms with Crippen LogP contribution in [0.5, 0.6) is 5.75 Å². The molecular weight excluding hydrogens is 308 g/mol. The Hall–Kier alpha value is -2.63. The van der Waals surface area contributed by atoms with Gasteiger partial charge >= 0.3 is 0 Å². The summed E-state index contributed by atoms with van der Waals surface area (Å²) in [6.45, 7) is 6.11. The maximum absolute atomic E-state index is 12.1. The van der Waals surface area contributed by atoms with Crippen LogP contribution >= 0.6 is 0 Å². The molecular formula is C18H24N2O4. The molecule has 1 N–H and O–H groups in total. The van der Waals surface area contributed by atoms with E-state index in [-0.39, 0.29) is 25.3 Å². The Kier molecular flexibility index (Phi) is 8.25. The molecule has 1 aromatic carbocycles. The lowest BCUT2D eigenvalue weighted by molar-refractivity contribution is -0.133. The molecule has 1 rings (SSSR count). The minimum atomic E-state index is -0.704. The highest BCUT2D eigenvalue weighted by Gasteiger charge is 2.25. The third-order valence-corrected chi connectivity index (χ3v) is 3.71. The Bertz CT molecular complexity index is 586. The first-order valence-corrected chi connectivity index (χ1v) is 7.77. The molecule has 0 aliphatic carbocycles. The van der Waals surface area contributed by atoms with Crippen molar-refractivity contribution in [2.24, 2.45) is 0 Å². The molecule has 130 valence electrons. The minimum absolute atomic E-state index is 0.204. The zero-order valence-electron chi connectivity index (χ0n) is 14.2. The molecule has 0 fully saturated rings. The second kappa shape index (κ2) is 10.2. The van der Waals surface area contributed by atoms with E-state index in [2.05, 4.69) is 11.9 Å². The highest BCUT2D eigenvalue weighted by atomic mass is 16.5. The number of carbonyl (C=O) groups excluding carboxylic acids is 3. The summed E-state index contributed by atoms with van der Waals surface area (Å²) in [6.07, 6.45) is 3.49. The number of likely N-dealkylation sites (N-methyl/N-ethyl adjacent to an activating group) is 1. The predicted molar refractivity (Wildman–Crippen MR) is 91.6 cm³/mol. The molecule has 0 saturated carbocycles. The molecule has 1 aromatic rings. The van der Waals surface area contributed by atoms with E-state index in [1.54, 1.807) is 6.08 Å². The van der Waals surface area contributed by atoms with Crippen LogP contribution in [0.1, 0.15) is 24.0 Å². The number of nitrogens with zero attached hydrogens (tertiary/aromatic N) is 1. The van der Waals surface area contributed by atoms with Gasteiger partial charge in [-0.15, -0.1) is 0 Å². The van der Waals surface area contributed by atoms with Crippen LogP contribution in [0, 0.1) is 6.92 Å². The second-order valence-electron chi connectivity index (χ2n) is 5.30. The molecule has 0 aromatic heterocycles. The van der Waals surface area contributed by atoms with Crippen molar-refractivity contribution in [3.8, 4) is 5.75 Å². The standard InChI is InChI=1S/C18H24N2O4/c1-4-11-24-17-9-5-7-14(2)15(17)12-20(13-22)16(8-6-10-21)18(23)19-3/h4-5,7,9-10,13,16H,1,6,8,11-12H2,2-3H3,(H,19,23). The fraction of sp³-hybridized carbons (Fsp3) is 0.389. The topological polar surface area (TPSA) is 75.7 Å². The van der Waals surface area contributed by atoms with Crippen molar-refractivity contribution in [3.63, 3.8) is 0 Å². The Morgan fingerprint density at radius 2 is 2.17 bits per heavy atom. The summed E-state index contributed by atoms with van der Waals surface area (Å²) in [4.78, 5) is 35.7. The molecule has 6 nitrogen and oxygen atoms in total. The normalized spacial score (nSPS) is 11.2. The van der Waals surface area contributed by atoms with E-state index < -0.39 is 6.04 Å². The maximum atomic E-state index is 12.1. The Labute approximate surface area is 142 Å². The lowest BCUT2D eigenvalue weighted by Gasteiger charge is -2.28. The number of hydrogen-bond acceptors (Lipinski definition) is 4. The van der Waals surface area contributed by atoms with Crippen molar-refractivity contribution in [3.05, 3.63) is 42.0 Å². The van der Waals surface area contributed by atoms with Crippen LogP contribution in [0.3, 0.4) is 0 Å². The van der Waals surface area contributed by atoms with Crippen molar-refractivity contribution >= 4 is 18.6 Å². The smallest absolute Gasteiger partial charge is 0.242 e. The number of amides is 2. The van der Waals surface area contributed by atoms with Crippen LogP contribution in [-0.4, -0.2) is 43.2 Å². The fourth-order valence-electron chi connectivity index (χ4n) is 2.41. The van der Waals surface area contributed by atoms with Gasteiger partial charge in [-0.3, -0.25) is 9.59 Å². The maximum Gasteiger partial charge on any atom is 0.242 e. The van der Waals surface area contributed by atoms with E-state index in [4.69, 9.17) is 4.74 Å². The molecule has 1 atom stereocenters. The number of nitrogens with one attached hydrogen (secondary N) is 1. The third kappa shape index (κ3) is 5.22. The van der Waals surface area contributed by atoms with E-state index in [9.17, 15) is 14.4 Å². The van der Waals surface area contributed by atoms with Gasteiger partial charge < -0.3 is 19.7 Å². The first-order valence-electron chi connectivity index (χ1n) is 7.77. The number of aryl methyl sites for hydroxylation is 1. The molecule has 0 saturated heterocycles. The predicted octanol–water partition coefficient (Wildman–Crippen LogP) is 1.61. The minimum Gasteiger partial charge on any atom is -0.489 e. The number of hydrogen-bond donors (Lipinski definition) is 1. The fourth-order valence-corrected chi connectivity index (χ4v) is 2.41. The number of ether oxygens (including phenoxy) is 1. The van der Waals surface area contributed by atoms with Gasteiger partial charge in [0.2, 0.25) is 12.3 Å². The Morgan fingerprint density at radius 3 is 2.75 bits per heavy atom. The summed E-state index contributed by atoms with van der Waals surface area (Å²) < 4.78 is 5.64. The first-order chi connectivity index (χ1) is 11.6. The third-order valence-electron chi connectivity index (χ3n) is 3.71. The van der Waals surface area contributed by atoms with Crippen LogP contribution in [0.25, 0.3) is 0 Å². The SMILES string of the molecule is C=CCOc1cccc(C)c1CN(C=O)C(CCC=O)C(=O)NC. The molecule has 0 radical (unpaired) electrons. The highest BCUT2D eigenvalue weighted by Crippen LogP contribution is 2.25. The molecule has 0 aliphatic rings. The monoisotopic (exact) mass is 332 g/mol. The molecule has 0 spiro atoms. The number of aldehydes is 1. The van der Waals surface area contributed by atoms with Crippen molar-refractivity contribution < 1.29 is 19.1 Å². The quantitative estimate of drug-likeness (QED) is 0.493. The zero-order chi connectivity index (χ0) is 17.9. The van der Waals surface area contributed by atoms with Gasteiger partial charge in [0.05, 0.1) is 6.54 Å². The van der Waals surface area contributed by atoms with Crippen LogP contribution in [0.2, 0.25) is 0 Å². The van der Waals surface area contributed by atoms with Gasteiger partial charge in [-0.2, -0.15) is 0 Å². The van der Waals surface area contributed by atoms with Crippen molar-refractivity contribution in [2.45, 2.75) is 32.4 Å². The van der Waals surface area contributed by atoms with E-state index in [1.807, 2.05) is 25.1 Å². The molecule has 0 bridgehead atoms. The van der Waals surface area contributed by atoms with Crippen LogP contribution in [0.15, 0.2) is 30.9 Å². The van der Waals surface area contributed by atoms with Gasteiger partial charge in [0.1, 0.15) is 24.7 Å². The summed E-state index contributed by atoms with van der Waals surface area (Å²) >= 11 is 0. The molecule has 6 heteroatoms. The van der Waals surface area contributed by atoms with Gasteiger partial charge in [0, 0.05) is 19.0 Å². The van der Waals surface area contributed by atoms with Gasteiger partial charge in [-0.1, -0.05) is 24.8 Å². The van der Waals surface area contributed by atoms with E-state index in [0.717, 1.165) is 17.4 Å². The molecule has 0 heterocycles. The Morgan fingerprint density at radius 1 is 1.42 bits per heavy atom. The zero-order valence-corrected chi connectivity index (χ0v) is 14.2. The Balaban J connectivity index is 3.08. The van der Waals surface area contributed by atoms with Crippen LogP contribution in [-0.2, 0) is 20.9 Å². The van der Waals surface area contributed by atoms with Gasteiger partial charge in [0.25, 0.3) is 0 Å². The van der Waals surface area contributed by atoms with Gasteiger partial charge in [0.15, 0.2) is 0 Å². The average Bonchev–Trinajstić information content (AvgIpc) is 2.60. The van der Waals surface area contributed by atoms with Crippen molar-refractivity contribution in [1.82, 2.24) is 10.2 Å². The number of benzene rings is 1. The number of carbonyl (C=O) groups is 3. The van der Waals surface area contributed by atoms with Crippen molar-refractivity contribution in [1.29, 1.82) is 0 Å². The largest absolute Gasteiger partial charge is 0.489 e. The van der Waals surface area contributed by atoms with Gasteiger partial charge in [-0.05, 0) is 25.0 Å². The van der Waals surface area contributed by atoms with E-state index in [1.165, 1.54) is 11.9 Å². The lowest BCUT2D eigenvalue weighted by Crippen LogP contribution is -2.45. The summed E-state index contributed by atoms with van der Waals surface area (Å²) in [7, 11) is 1.51. The lowest BCUT2D eigenvalue weighted by atomic mass is 10.0. The molecule has 24 heavy (non-hydrogen) atoms. The summed E-state index contributed by atoms with van der Waals surface area (Å²) in [5.41, 5.74) is 1.78. The molecule has 2 amide bonds. The average molecular weight is 332 g/mol. The van der Waals surface area contributed by atoms with Crippen LogP contribution < -0.4 is 10.1 Å². The summed E-state index contributed by atoms with van der Waals surface area (Å²) in [5, 5.41) is 2.54. The molecule has 1 unspecified atom stereocenters. The second-order valence-corrected chi connectivity index (χ2v) is 5.30.